The molecule has 6 nitrogen and oxygen atoms in total. The highest BCUT2D eigenvalue weighted by Gasteiger charge is 2.42. The van der Waals surface area contributed by atoms with Crippen LogP contribution in [0.5, 0.6) is 0 Å². The molecule has 0 radical (unpaired) electrons. The molecule has 1 N–H and O–H groups in total. The second-order valence-electron chi connectivity index (χ2n) is 6.50. The topological polar surface area (TPSA) is 83.6 Å². The quantitative estimate of drug-likeness (QED) is 0.892. The minimum absolute atomic E-state index is 0.197. The molecule has 7 heteroatoms. The molecule has 0 bridgehead atoms. The molecule has 1 heterocycles. The van der Waals surface area contributed by atoms with Gasteiger partial charge in [-0.25, -0.2) is 12.7 Å². The summed E-state index contributed by atoms with van der Waals surface area (Å²) in [5, 5.41) is 2.80. The van der Waals surface area contributed by atoms with Crippen LogP contribution in [0.2, 0.25) is 0 Å². The van der Waals surface area contributed by atoms with E-state index in [1.54, 1.807) is 19.1 Å². The van der Waals surface area contributed by atoms with Crippen LogP contribution < -0.4 is 9.62 Å². The molecule has 0 saturated carbocycles. The molecule has 0 aromatic heterocycles. The zero-order valence-corrected chi connectivity index (χ0v) is 15.4. The Labute approximate surface area is 152 Å². The van der Waals surface area contributed by atoms with Crippen LogP contribution >= 0.6 is 0 Å². The Morgan fingerprint density at radius 2 is 1.88 bits per heavy atom. The summed E-state index contributed by atoms with van der Waals surface area (Å²) >= 11 is 0. The third-order valence-corrected chi connectivity index (χ3v) is 6.15. The Kier molecular flexibility index (Phi) is 4.82. The van der Waals surface area contributed by atoms with Crippen LogP contribution in [0.3, 0.4) is 0 Å². The fourth-order valence-corrected chi connectivity index (χ4v) is 4.66. The van der Waals surface area contributed by atoms with Crippen molar-refractivity contribution in [2.75, 3.05) is 10.1 Å². The van der Waals surface area contributed by atoms with Gasteiger partial charge in [-0.15, -0.1) is 0 Å². The largest absolute Gasteiger partial charge is 0.348 e. The molecule has 1 saturated heterocycles. The Morgan fingerprint density at radius 3 is 2.50 bits per heavy atom. The zero-order chi connectivity index (χ0) is 18.9. The lowest BCUT2D eigenvalue weighted by molar-refractivity contribution is -0.119. The first-order valence-electron chi connectivity index (χ1n) is 8.28. The molecule has 2 aromatic rings. The highest BCUT2D eigenvalue weighted by molar-refractivity contribution is 7.94. The van der Waals surface area contributed by atoms with Gasteiger partial charge in [-0.05, 0) is 30.7 Å². The minimum atomic E-state index is -3.69. The number of sulfonamides is 1. The first-order valence-corrected chi connectivity index (χ1v) is 9.89. The fourth-order valence-electron chi connectivity index (χ4n) is 2.85. The summed E-state index contributed by atoms with van der Waals surface area (Å²) in [5.74, 6) is -1.60. The van der Waals surface area contributed by atoms with E-state index >= 15 is 0 Å². The van der Waals surface area contributed by atoms with Gasteiger partial charge in [0.05, 0.1) is 17.4 Å². The Hall–Kier alpha value is -2.67. The SMILES string of the molecule is Cc1ccc(CNC(=O)c2cccc(N3C(=O)[C@H](C)CS3(=O)=O)c2)cc1. The first kappa shape index (κ1) is 18.1. The second-order valence-corrected chi connectivity index (χ2v) is 8.36. The van der Waals surface area contributed by atoms with Crippen molar-refractivity contribution < 1.29 is 18.0 Å². The van der Waals surface area contributed by atoms with Crippen molar-refractivity contribution in [3.63, 3.8) is 0 Å². The third-order valence-electron chi connectivity index (χ3n) is 4.28. The molecule has 1 aliphatic heterocycles. The number of anilines is 1. The molecule has 2 aromatic carbocycles. The molecule has 0 aliphatic carbocycles. The Morgan fingerprint density at radius 1 is 1.19 bits per heavy atom. The van der Waals surface area contributed by atoms with Crippen LogP contribution in [0.4, 0.5) is 5.69 Å². The van der Waals surface area contributed by atoms with E-state index in [-0.39, 0.29) is 17.3 Å². The van der Waals surface area contributed by atoms with Crippen molar-refractivity contribution in [1.29, 1.82) is 0 Å². The highest BCUT2D eigenvalue weighted by Crippen LogP contribution is 2.28. The molecule has 2 amide bonds. The normalized spacial score (nSPS) is 18.8. The molecule has 0 unspecified atom stereocenters. The maximum absolute atomic E-state index is 12.4. The fraction of sp³-hybridized carbons (Fsp3) is 0.263. The molecule has 1 aliphatic rings. The van der Waals surface area contributed by atoms with Crippen molar-refractivity contribution in [3.05, 3.63) is 65.2 Å². The van der Waals surface area contributed by atoms with Crippen LogP contribution in [0.1, 0.15) is 28.4 Å². The number of benzene rings is 2. The smallest absolute Gasteiger partial charge is 0.251 e. The zero-order valence-electron chi connectivity index (χ0n) is 14.6. The second kappa shape index (κ2) is 6.92. The standard InChI is InChI=1S/C19H20N2O4S/c1-13-6-8-15(9-7-13)11-20-18(22)16-4-3-5-17(10-16)21-19(23)14(2)12-26(21,24)25/h3-10,14H,11-12H2,1-2H3,(H,20,22)/t14-/m1/s1. The van der Waals surface area contributed by atoms with E-state index in [9.17, 15) is 18.0 Å². The van der Waals surface area contributed by atoms with E-state index in [2.05, 4.69) is 5.32 Å². The third kappa shape index (κ3) is 3.62. The van der Waals surface area contributed by atoms with E-state index in [1.807, 2.05) is 31.2 Å². The van der Waals surface area contributed by atoms with Gasteiger partial charge in [-0.3, -0.25) is 9.59 Å². The van der Waals surface area contributed by atoms with E-state index in [1.165, 1.54) is 12.1 Å². The van der Waals surface area contributed by atoms with Crippen LogP contribution in [0.25, 0.3) is 0 Å². The Bertz CT molecular complexity index is 952. The summed E-state index contributed by atoms with van der Waals surface area (Å²) in [7, 11) is -3.69. The van der Waals surface area contributed by atoms with E-state index in [0.717, 1.165) is 15.4 Å². The van der Waals surface area contributed by atoms with Crippen LogP contribution in [-0.4, -0.2) is 26.0 Å². The molecule has 0 spiro atoms. The molecular formula is C19H20N2O4S. The maximum Gasteiger partial charge on any atom is 0.251 e. The van der Waals surface area contributed by atoms with Gasteiger partial charge in [0.2, 0.25) is 15.9 Å². The van der Waals surface area contributed by atoms with Gasteiger partial charge in [-0.2, -0.15) is 0 Å². The van der Waals surface area contributed by atoms with Crippen LogP contribution in [-0.2, 0) is 21.4 Å². The number of rotatable bonds is 4. The van der Waals surface area contributed by atoms with Crippen LogP contribution in [0.15, 0.2) is 48.5 Å². The summed E-state index contributed by atoms with van der Waals surface area (Å²) in [6.45, 7) is 3.93. The lowest BCUT2D eigenvalue weighted by atomic mass is 10.1. The lowest BCUT2D eigenvalue weighted by Crippen LogP contribution is -2.30. The van der Waals surface area contributed by atoms with Gasteiger partial charge >= 0.3 is 0 Å². The number of hydrogen-bond acceptors (Lipinski definition) is 4. The van der Waals surface area contributed by atoms with Crippen molar-refractivity contribution >= 4 is 27.5 Å². The maximum atomic E-state index is 12.4. The number of carbonyl (C=O) groups excluding carboxylic acids is 2. The van der Waals surface area contributed by atoms with Gasteiger partial charge in [0.1, 0.15) is 0 Å². The van der Waals surface area contributed by atoms with Crippen molar-refractivity contribution in [2.45, 2.75) is 20.4 Å². The van der Waals surface area contributed by atoms with Gasteiger partial charge in [-0.1, -0.05) is 42.8 Å². The number of aryl methyl sites for hydroxylation is 1. The van der Waals surface area contributed by atoms with Crippen molar-refractivity contribution in [2.24, 2.45) is 5.92 Å². The first-order chi connectivity index (χ1) is 12.3. The molecule has 1 atom stereocenters. The van der Waals surface area contributed by atoms with Crippen LogP contribution in [0, 0.1) is 12.8 Å². The van der Waals surface area contributed by atoms with E-state index < -0.39 is 21.8 Å². The monoisotopic (exact) mass is 372 g/mol. The summed E-state index contributed by atoms with van der Waals surface area (Å²) in [6, 6.07) is 13.9. The minimum Gasteiger partial charge on any atom is -0.348 e. The summed E-state index contributed by atoms with van der Waals surface area (Å²) < 4.78 is 25.2. The molecule has 1 fully saturated rings. The Balaban J connectivity index is 1.77. The van der Waals surface area contributed by atoms with Gasteiger partial charge in [0.25, 0.3) is 5.91 Å². The number of nitrogens with zero attached hydrogens (tertiary/aromatic N) is 1. The number of carbonyl (C=O) groups is 2. The number of hydrogen-bond donors (Lipinski definition) is 1. The van der Waals surface area contributed by atoms with Gasteiger partial charge in [0, 0.05) is 12.1 Å². The van der Waals surface area contributed by atoms with Crippen molar-refractivity contribution in [1.82, 2.24) is 5.32 Å². The summed E-state index contributed by atoms with van der Waals surface area (Å²) in [6.07, 6.45) is 0. The predicted octanol–water partition coefficient (Wildman–Crippen LogP) is 2.24. The van der Waals surface area contributed by atoms with Gasteiger partial charge < -0.3 is 5.32 Å². The average Bonchev–Trinajstić information content (AvgIpc) is 2.81. The van der Waals surface area contributed by atoms with E-state index in [0.29, 0.717) is 12.1 Å². The summed E-state index contributed by atoms with van der Waals surface area (Å²) in [4.78, 5) is 24.6. The number of amides is 2. The molecule has 3 rings (SSSR count). The van der Waals surface area contributed by atoms with Crippen molar-refractivity contribution in [3.8, 4) is 0 Å². The average molecular weight is 372 g/mol. The number of nitrogens with one attached hydrogen (secondary N) is 1. The molecular weight excluding hydrogens is 352 g/mol. The molecule has 26 heavy (non-hydrogen) atoms. The summed E-state index contributed by atoms with van der Waals surface area (Å²) in [5.41, 5.74) is 2.60. The highest BCUT2D eigenvalue weighted by atomic mass is 32.2. The predicted molar refractivity (Wildman–Crippen MR) is 99.2 cm³/mol. The van der Waals surface area contributed by atoms with Gasteiger partial charge in [0.15, 0.2) is 0 Å². The molecule has 136 valence electrons. The van der Waals surface area contributed by atoms with E-state index in [4.69, 9.17) is 0 Å². The lowest BCUT2D eigenvalue weighted by Gasteiger charge is -2.16.